The number of phenols is 1. The molecule has 0 amide bonds. The Balaban J connectivity index is 1.93. The Morgan fingerprint density at radius 2 is 1.78 bits per heavy atom. The Morgan fingerprint density at radius 1 is 1.04 bits per heavy atom. The fourth-order valence-corrected chi connectivity index (χ4v) is 4.87. The summed E-state index contributed by atoms with van der Waals surface area (Å²) >= 11 is -0.145. The molecule has 0 atom stereocenters. The molecular formula is C20H25NOTe. The summed E-state index contributed by atoms with van der Waals surface area (Å²) in [5.41, 5.74) is 1.90. The van der Waals surface area contributed by atoms with E-state index in [9.17, 15) is 5.11 Å². The molecule has 0 heterocycles. The Kier molecular flexibility index (Phi) is 7.65. The number of aromatic hydroxyl groups is 1. The predicted octanol–water partition coefficient (Wildman–Crippen LogP) is 4.16. The van der Waals surface area contributed by atoms with Crippen LogP contribution in [0.25, 0.3) is 0 Å². The van der Waals surface area contributed by atoms with Crippen LogP contribution in [-0.2, 0) is 0 Å². The summed E-state index contributed by atoms with van der Waals surface area (Å²) in [6.45, 7) is 5.18. The van der Waals surface area contributed by atoms with Gasteiger partial charge in [0.15, 0.2) is 0 Å². The molecule has 122 valence electrons. The van der Waals surface area contributed by atoms with Crippen molar-refractivity contribution in [1.82, 2.24) is 0 Å². The van der Waals surface area contributed by atoms with Gasteiger partial charge in [-0.15, -0.1) is 0 Å². The molecule has 0 bridgehead atoms. The van der Waals surface area contributed by atoms with Crippen molar-refractivity contribution in [3.63, 3.8) is 0 Å². The average Bonchev–Trinajstić information content (AvgIpc) is 2.59. The molecule has 0 aliphatic carbocycles. The number of nitrogens with zero attached hydrogens (tertiary/aromatic N) is 1. The molecule has 23 heavy (non-hydrogen) atoms. The van der Waals surface area contributed by atoms with E-state index in [0.717, 1.165) is 35.0 Å². The van der Waals surface area contributed by atoms with Crippen LogP contribution < -0.4 is 3.61 Å². The van der Waals surface area contributed by atoms with Crippen LogP contribution >= 0.6 is 0 Å². The van der Waals surface area contributed by atoms with Gasteiger partial charge in [0.2, 0.25) is 0 Å². The van der Waals surface area contributed by atoms with Crippen molar-refractivity contribution in [3.05, 3.63) is 59.7 Å². The van der Waals surface area contributed by atoms with Crippen molar-refractivity contribution in [2.75, 3.05) is 6.54 Å². The number of benzene rings is 2. The van der Waals surface area contributed by atoms with Gasteiger partial charge in [0.25, 0.3) is 0 Å². The van der Waals surface area contributed by atoms with E-state index in [1.807, 2.05) is 24.4 Å². The molecule has 2 nitrogen and oxygen atoms in total. The van der Waals surface area contributed by atoms with E-state index in [4.69, 9.17) is 0 Å². The molecule has 2 aromatic carbocycles. The first-order valence-electron chi connectivity index (χ1n) is 8.25. The SMILES string of the molecule is CCC(CC)c1cccc(C=NCC[Te]c2ccccc2)c1O. The van der Waals surface area contributed by atoms with Crippen LogP contribution in [0.4, 0.5) is 0 Å². The van der Waals surface area contributed by atoms with Crippen molar-refractivity contribution in [2.45, 2.75) is 37.1 Å². The molecule has 2 rings (SSSR count). The van der Waals surface area contributed by atoms with Gasteiger partial charge in [-0.25, -0.2) is 0 Å². The standard InChI is InChI=1S/C20H25NOTe/c1-3-16(4-2)19-12-8-9-17(20(19)22)15-21-13-14-23-18-10-6-5-7-11-18/h5-12,15-16,22H,3-4,13-14H2,1-2H3. The van der Waals surface area contributed by atoms with Crippen molar-refractivity contribution in [3.8, 4) is 5.75 Å². The molecule has 0 aliphatic heterocycles. The van der Waals surface area contributed by atoms with Crippen LogP contribution in [0.3, 0.4) is 0 Å². The second-order valence-electron chi connectivity index (χ2n) is 5.50. The van der Waals surface area contributed by atoms with E-state index in [1.165, 1.54) is 3.61 Å². The van der Waals surface area contributed by atoms with Gasteiger partial charge in [0.1, 0.15) is 0 Å². The molecule has 1 N–H and O–H groups in total. The molecule has 0 unspecified atom stereocenters. The van der Waals surface area contributed by atoms with Gasteiger partial charge in [-0.2, -0.15) is 0 Å². The van der Waals surface area contributed by atoms with Crippen molar-refractivity contribution < 1.29 is 5.11 Å². The average molecular weight is 423 g/mol. The van der Waals surface area contributed by atoms with E-state index in [-0.39, 0.29) is 20.9 Å². The minimum atomic E-state index is -0.145. The molecule has 2 aromatic rings. The Hall–Kier alpha value is -1.30. The number of hydrogen-bond acceptors (Lipinski definition) is 2. The first-order valence-corrected chi connectivity index (χ1v) is 11.1. The maximum atomic E-state index is 10.5. The third kappa shape index (κ3) is 5.37. The summed E-state index contributed by atoms with van der Waals surface area (Å²) in [4.78, 5) is 4.52. The molecule has 0 aliphatic rings. The summed E-state index contributed by atoms with van der Waals surface area (Å²) in [7, 11) is 0. The van der Waals surface area contributed by atoms with Crippen LogP contribution in [0.2, 0.25) is 4.47 Å². The topological polar surface area (TPSA) is 32.6 Å². The molecule has 0 saturated carbocycles. The Labute approximate surface area is 149 Å². The summed E-state index contributed by atoms with van der Waals surface area (Å²) in [5, 5.41) is 10.5. The van der Waals surface area contributed by atoms with Gasteiger partial charge in [-0.3, -0.25) is 0 Å². The van der Waals surface area contributed by atoms with Crippen LogP contribution in [0.15, 0.2) is 53.5 Å². The summed E-state index contributed by atoms with van der Waals surface area (Å²) in [5.74, 6) is 0.831. The van der Waals surface area contributed by atoms with E-state index in [1.54, 1.807) is 0 Å². The first kappa shape index (κ1) is 18.0. The quantitative estimate of drug-likeness (QED) is 0.386. The maximum absolute atomic E-state index is 10.5. The number of rotatable bonds is 8. The van der Waals surface area contributed by atoms with E-state index in [2.05, 4.69) is 49.2 Å². The van der Waals surface area contributed by atoms with Crippen LogP contribution in [-0.4, -0.2) is 38.8 Å². The van der Waals surface area contributed by atoms with Crippen LogP contribution in [0, 0.1) is 0 Å². The first-order chi connectivity index (χ1) is 11.3. The predicted molar refractivity (Wildman–Crippen MR) is 101 cm³/mol. The zero-order valence-electron chi connectivity index (χ0n) is 13.9. The van der Waals surface area contributed by atoms with E-state index >= 15 is 0 Å². The van der Waals surface area contributed by atoms with E-state index < -0.39 is 0 Å². The third-order valence-electron chi connectivity index (χ3n) is 3.99. The van der Waals surface area contributed by atoms with Crippen molar-refractivity contribution >= 4 is 30.7 Å². The van der Waals surface area contributed by atoms with Crippen LogP contribution in [0.1, 0.15) is 43.7 Å². The monoisotopic (exact) mass is 425 g/mol. The summed E-state index contributed by atoms with van der Waals surface area (Å²) in [6.07, 6.45) is 3.93. The number of aliphatic imine (C=N–C) groups is 1. The molecular weight excluding hydrogens is 398 g/mol. The molecule has 0 saturated heterocycles. The van der Waals surface area contributed by atoms with Crippen LogP contribution in [0.5, 0.6) is 5.75 Å². The number of hydrogen-bond donors (Lipinski definition) is 1. The van der Waals surface area contributed by atoms with Gasteiger partial charge >= 0.3 is 150 Å². The third-order valence-corrected chi connectivity index (χ3v) is 6.82. The fourth-order valence-electron chi connectivity index (χ4n) is 2.64. The zero-order chi connectivity index (χ0) is 16.5. The summed E-state index contributed by atoms with van der Waals surface area (Å²) < 4.78 is 2.63. The minimum absolute atomic E-state index is 0.145. The van der Waals surface area contributed by atoms with Gasteiger partial charge < -0.3 is 0 Å². The number of para-hydroxylation sites is 1. The molecule has 0 aromatic heterocycles. The van der Waals surface area contributed by atoms with Gasteiger partial charge in [0, 0.05) is 0 Å². The van der Waals surface area contributed by atoms with Gasteiger partial charge in [-0.1, -0.05) is 0 Å². The Morgan fingerprint density at radius 3 is 2.48 bits per heavy atom. The fraction of sp³-hybridized carbons (Fsp3) is 0.350. The summed E-state index contributed by atoms with van der Waals surface area (Å²) in [6, 6.07) is 16.7. The van der Waals surface area contributed by atoms with Crippen molar-refractivity contribution in [1.29, 1.82) is 0 Å². The second-order valence-corrected chi connectivity index (χ2v) is 8.83. The van der Waals surface area contributed by atoms with E-state index in [0.29, 0.717) is 11.7 Å². The zero-order valence-corrected chi connectivity index (χ0v) is 16.2. The molecule has 0 spiro atoms. The van der Waals surface area contributed by atoms with Gasteiger partial charge in [0.05, 0.1) is 0 Å². The molecule has 0 fully saturated rings. The molecule has 0 radical (unpaired) electrons. The second kappa shape index (κ2) is 9.75. The van der Waals surface area contributed by atoms with Crippen molar-refractivity contribution in [2.24, 2.45) is 4.99 Å². The normalized spacial score (nSPS) is 11.4. The number of phenolic OH excluding ortho intramolecular Hbond substituents is 1. The Bertz CT molecular complexity index is 621. The molecule has 3 heteroatoms. The van der Waals surface area contributed by atoms with Gasteiger partial charge in [-0.05, 0) is 0 Å².